The first kappa shape index (κ1) is 18.8. The van der Waals surface area contributed by atoms with Crippen LogP contribution >= 0.6 is 0 Å². The number of nitrogen functional groups attached to an aromatic ring is 2. The fraction of sp³-hybridized carbons (Fsp3) is 0.176. The number of H-pyrrole nitrogens is 2. The maximum Gasteiger partial charge on any atom is 0.260 e. The molecule has 1 aromatic carbocycles. The van der Waals surface area contributed by atoms with Crippen LogP contribution in [0.1, 0.15) is 22.6 Å². The molecule has 0 atom stereocenters. The summed E-state index contributed by atoms with van der Waals surface area (Å²) in [6.45, 7) is 0. The zero-order chi connectivity index (χ0) is 20.6. The minimum Gasteiger partial charge on any atom is -0.493 e. The summed E-state index contributed by atoms with van der Waals surface area (Å²) in [7, 11) is 3.71. The molecule has 3 aromatic rings. The Morgan fingerprint density at radius 2 is 1.32 bits per heavy atom. The van der Waals surface area contributed by atoms with E-state index >= 15 is 0 Å². The largest absolute Gasteiger partial charge is 0.493 e. The van der Waals surface area contributed by atoms with Crippen LogP contribution in [0.25, 0.3) is 0 Å². The van der Waals surface area contributed by atoms with Gasteiger partial charge in [-0.15, -0.1) is 0 Å². The van der Waals surface area contributed by atoms with Crippen molar-refractivity contribution in [3.8, 4) is 11.8 Å². The van der Waals surface area contributed by atoms with E-state index in [2.05, 4.69) is 19.9 Å². The molecule has 0 radical (unpaired) electrons. The average Bonchev–Trinajstić information content (AvgIpc) is 2.58. The number of aromatic nitrogens is 4. The molecule has 0 saturated carbocycles. The molecule has 11 heteroatoms. The smallest absolute Gasteiger partial charge is 0.260 e. The lowest BCUT2D eigenvalue weighted by Gasteiger charge is -2.20. The minimum atomic E-state index is -1.18. The summed E-state index contributed by atoms with van der Waals surface area (Å²) >= 11 is 0. The normalized spacial score (nSPS) is 11.0. The van der Waals surface area contributed by atoms with E-state index in [1.54, 1.807) is 24.3 Å². The van der Waals surface area contributed by atoms with Crippen molar-refractivity contribution in [2.24, 2.45) is 0 Å². The summed E-state index contributed by atoms with van der Waals surface area (Å²) in [5, 5.41) is 20.6. The van der Waals surface area contributed by atoms with Gasteiger partial charge in [0.2, 0.25) is 23.7 Å². The van der Waals surface area contributed by atoms with Crippen molar-refractivity contribution in [2.45, 2.75) is 5.92 Å². The number of aromatic hydroxyl groups is 2. The van der Waals surface area contributed by atoms with Crippen molar-refractivity contribution in [1.29, 1.82) is 0 Å². The van der Waals surface area contributed by atoms with Gasteiger partial charge in [-0.2, -0.15) is 9.97 Å². The third-order valence-electron chi connectivity index (χ3n) is 4.23. The molecule has 0 saturated heterocycles. The number of rotatable bonds is 4. The number of benzene rings is 1. The van der Waals surface area contributed by atoms with Gasteiger partial charge >= 0.3 is 0 Å². The summed E-state index contributed by atoms with van der Waals surface area (Å²) in [6.07, 6.45) is 0. The Morgan fingerprint density at radius 1 is 0.893 bits per heavy atom. The van der Waals surface area contributed by atoms with Crippen LogP contribution in [-0.4, -0.2) is 44.2 Å². The Kier molecular flexibility index (Phi) is 4.65. The highest BCUT2D eigenvalue weighted by atomic mass is 16.3. The van der Waals surface area contributed by atoms with E-state index in [0.29, 0.717) is 5.56 Å². The molecular weight excluding hydrogens is 366 g/mol. The fourth-order valence-electron chi connectivity index (χ4n) is 2.94. The molecule has 3 rings (SSSR count). The minimum absolute atomic E-state index is 0.265. The van der Waals surface area contributed by atoms with Gasteiger partial charge in [-0.3, -0.25) is 19.6 Å². The summed E-state index contributed by atoms with van der Waals surface area (Å²) < 4.78 is 0. The van der Waals surface area contributed by atoms with Crippen LogP contribution in [0.15, 0.2) is 33.9 Å². The van der Waals surface area contributed by atoms with Crippen molar-refractivity contribution in [2.75, 3.05) is 30.5 Å². The van der Waals surface area contributed by atoms with Gasteiger partial charge in [-0.25, -0.2) is 0 Å². The van der Waals surface area contributed by atoms with E-state index in [1.807, 2.05) is 19.0 Å². The van der Waals surface area contributed by atoms with Gasteiger partial charge in [-0.05, 0) is 17.7 Å². The second-order valence-electron chi connectivity index (χ2n) is 6.30. The number of hydrogen-bond acceptors (Lipinski definition) is 9. The van der Waals surface area contributed by atoms with Gasteiger partial charge in [0, 0.05) is 19.8 Å². The summed E-state index contributed by atoms with van der Waals surface area (Å²) in [4.78, 5) is 38.8. The first-order chi connectivity index (χ1) is 13.2. The molecular formula is C17H19N7O4. The third kappa shape index (κ3) is 3.32. The van der Waals surface area contributed by atoms with Gasteiger partial charge in [0.05, 0.1) is 17.0 Å². The molecule has 0 bridgehead atoms. The SMILES string of the molecule is CN(C)c1ccc(C(c2c(O)nc(N)[nH]c2=O)c2c(O)nc(N)[nH]c2=O)cc1. The second-order valence-corrected chi connectivity index (χ2v) is 6.30. The lowest BCUT2D eigenvalue weighted by atomic mass is 9.86. The van der Waals surface area contributed by atoms with Crippen molar-refractivity contribution < 1.29 is 10.2 Å². The van der Waals surface area contributed by atoms with E-state index < -0.39 is 28.8 Å². The van der Waals surface area contributed by atoms with Crippen LogP contribution in [0.4, 0.5) is 17.6 Å². The molecule has 0 amide bonds. The van der Waals surface area contributed by atoms with E-state index in [-0.39, 0.29) is 23.0 Å². The number of nitrogens with zero attached hydrogens (tertiary/aromatic N) is 3. The maximum atomic E-state index is 12.5. The lowest BCUT2D eigenvalue weighted by molar-refractivity contribution is 0.433. The standard InChI is InChI=1S/C17H19N7O4/c1-24(2)8-5-3-7(4-6-8)9(10-12(25)20-16(18)21-13(10)26)11-14(27)22-17(19)23-15(11)28/h3-6,9H,1-2H3,(H4,18,20,21,25,26)(H4,19,22,23,27,28). The molecule has 0 fully saturated rings. The van der Waals surface area contributed by atoms with Gasteiger partial charge in [-0.1, -0.05) is 12.1 Å². The highest BCUT2D eigenvalue weighted by molar-refractivity contribution is 5.53. The van der Waals surface area contributed by atoms with Gasteiger partial charge in [0.1, 0.15) is 0 Å². The predicted molar refractivity (Wildman–Crippen MR) is 104 cm³/mol. The number of hydrogen-bond donors (Lipinski definition) is 6. The lowest BCUT2D eigenvalue weighted by Crippen LogP contribution is -2.26. The molecule has 0 aliphatic carbocycles. The number of aromatic amines is 2. The molecule has 0 aliphatic heterocycles. The number of nitrogens with two attached hydrogens (primary N) is 2. The van der Waals surface area contributed by atoms with Gasteiger partial charge in [0.25, 0.3) is 11.1 Å². The first-order valence-corrected chi connectivity index (χ1v) is 8.13. The highest BCUT2D eigenvalue weighted by Gasteiger charge is 2.30. The van der Waals surface area contributed by atoms with Gasteiger partial charge < -0.3 is 26.6 Å². The summed E-state index contributed by atoms with van der Waals surface area (Å²) in [5.41, 5.74) is 10.2. The van der Waals surface area contributed by atoms with E-state index in [9.17, 15) is 19.8 Å². The van der Waals surface area contributed by atoms with Crippen molar-refractivity contribution >= 4 is 17.6 Å². The van der Waals surface area contributed by atoms with Crippen LogP contribution in [0.3, 0.4) is 0 Å². The Bertz CT molecular complexity index is 1070. The van der Waals surface area contributed by atoms with Crippen molar-refractivity contribution in [3.05, 3.63) is 61.7 Å². The zero-order valence-electron chi connectivity index (χ0n) is 15.1. The molecule has 28 heavy (non-hydrogen) atoms. The molecule has 0 spiro atoms. The highest BCUT2D eigenvalue weighted by Crippen LogP contribution is 2.36. The second kappa shape index (κ2) is 6.95. The fourth-order valence-corrected chi connectivity index (χ4v) is 2.94. The number of anilines is 3. The van der Waals surface area contributed by atoms with Crippen LogP contribution in [0, 0.1) is 0 Å². The molecule has 11 nitrogen and oxygen atoms in total. The van der Waals surface area contributed by atoms with Gasteiger partial charge in [0.15, 0.2) is 0 Å². The predicted octanol–water partition coefficient (Wildman–Crippen LogP) is -0.325. The van der Waals surface area contributed by atoms with Crippen molar-refractivity contribution in [1.82, 2.24) is 19.9 Å². The Labute approximate surface area is 158 Å². The summed E-state index contributed by atoms with van der Waals surface area (Å²) in [5.74, 6) is -3.09. The molecule has 2 heterocycles. The van der Waals surface area contributed by atoms with Crippen LogP contribution in [-0.2, 0) is 0 Å². The molecule has 0 aliphatic rings. The first-order valence-electron chi connectivity index (χ1n) is 8.13. The Morgan fingerprint density at radius 3 is 1.68 bits per heavy atom. The molecule has 2 aromatic heterocycles. The van der Waals surface area contributed by atoms with E-state index in [0.717, 1.165) is 5.69 Å². The topological polar surface area (TPSA) is 187 Å². The van der Waals surface area contributed by atoms with E-state index in [1.165, 1.54) is 0 Å². The van der Waals surface area contributed by atoms with Crippen LogP contribution < -0.4 is 27.5 Å². The monoisotopic (exact) mass is 385 g/mol. The molecule has 8 N–H and O–H groups in total. The zero-order valence-corrected chi connectivity index (χ0v) is 15.1. The van der Waals surface area contributed by atoms with Crippen molar-refractivity contribution in [3.63, 3.8) is 0 Å². The van der Waals surface area contributed by atoms with Crippen LogP contribution in [0.2, 0.25) is 0 Å². The maximum absolute atomic E-state index is 12.5. The number of nitrogens with one attached hydrogen (secondary N) is 2. The third-order valence-corrected chi connectivity index (χ3v) is 4.23. The molecule has 146 valence electrons. The quantitative estimate of drug-likeness (QED) is 0.349. The summed E-state index contributed by atoms with van der Waals surface area (Å²) in [6, 6.07) is 6.83. The molecule has 0 unspecified atom stereocenters. The Balaban J connectivity index is 2.33. The van der Waals surface area contributed by atoms with E-state index in [4.69, 9.17) is 11.5 Å². The van der Waals surface area contributed by atoms with Crippen LogP contribution in [0.5, 0.6) is 11.8 Å². The average molecular weight is 385 g/mol. The Hall–Kier alpha value is -4.02.